The fourth-order valence-corrected chi connectivity index (χ4v) is 2.46. The van der Waals surface area contributed by atoms with Crippen LogP contribution in [0.25, 0.3) is 0 Å². The highest BCUT2D eigenvalue weighted by atomic mass is 35.7. The van der Waals surface area contributed by atoms with Gasteiger partial charge in [-0.05, 0) is 12.1 Å². The van der Waals surface area contributed by atoms with E-state index in [9.17, 15) is 10.1 Å². The average molecular weight is 411 g/mol. The Labute approximate surface area is 161 Å². The molecule has 1 atom stereocenters. The Kier molecular flexibility index (Phi) is 6.75. The quantitative estimate of drug-likeness (QED) is 0.311. The maximum absolute atomic E-state index is 10.7. The van der Waals surface area contributed by atoms with Gasteiger partial charge in [0.1, 0.15) is 0 Å². The van der Waals surface area contributed by atoms with Crippen molar-refractivity contribution in [1.29, 1.82) is 0 Å². The van der Waals surface area contributed by atoms with Gasteiger partial charge in [0.15, 0.2) is 0 Å². The van der Waals surface area contributed by atoms with Crippen molar-refractivity contribution in [2.75, 3.05) is 5.43 Å². The second kappa shape index (κ2) is 8.84. The highest BCUT2D eigenvalue weighted by Gasteiger charge is 2.37. The predicted octanol–water partition coefficient (Wildman–Crippen LogP) is -2.84. The predicted molar refractivity (Wildman–Crippen MR) is 87.8 cm³/mol. The van der Waals surface area contributed by atoms with Gasteiger partial charge in [-0.25, -0.2) is 24.1 Å². The molecule has 2 aromatic rings. The summed E-state index contributed by atoms with van der Waals surface area (Å²) in [5.41, 5.74) is 5.14. The molecule has 0 amide bonds. The minimum atomic E-state index is -4.94. The van der Waals surface area contributed by atoms with Gasteiger partial charge in [0.05, 0.1) is 22.6 Å². The summed E-state index contributed by atoms with van der Waals surface area (Å²) in [5.74, 6) is 1.84. The summed E-state index contributed by atoms with van der Waals surface area (Å²) in [7, 11) is -4.94. The Bertz CT molecular complexity index is 890. The molecule has 0 saturated carbocycles. The molecule has 11 nitrogen and oxygen atoms in total. The van der Waals surface area contributed by atoms with Crippen LogP contribution in [-0.4, -0.2) is 21.3 Å². The zero-order valence-corrected chi connectivity index (χ0v) is 15.6. The molecule has 3 rings (SSSR count). The largest absolute Gasteiger partial charge is 0.400 e. The summed E-state index contributed by atoms with van der Waals surface area (Å²) in [5, 5.41) is 16.2. The summed E-state index contributed by atoms with van der Waals surface area (Å²) in [6, 6.07) is 16.2. The van der Waals surface area contributed by atoms with E-state index in [1.54, 1.807) is 12.1 Å². The zero-order chi connectivity index (χ0) is 20.9. The lowest BCUT2D eigenvalue weighted by atomic mass is 10.3. The van der Waals surface area contributed by atoms with Crippen molar-refractivity contribution in [2.24, 2.45) is 5.10 Å². The van der Waals surface area contributed by atoms with Gasteiger partial charge in [-0.2, -0.15) is 0 Å². The van der Waals surface area contributed by atoms with E-state index in [1.165, 1.54) is 12.1 Å². The molecule has 1 aliphatic heterocycles. The molecule has 0 saturated heterocycles. The topological polar surface area (TPSA) is 167 Å². The number of hydrogen-bond acceptors (Lipinski definition) is 8. The van der Waals surface area contributed by atoms with Crippen molar-refractivity contribution in [3.05, 3.63) is 64.7 Å². The molecule has 148 valence electrons. The van der Waals surface area contributed by atoms with Crippen LogP contribution in [0, 0.1) is 20.4 Å². The number of nitrogens with one attached hydrogen (secondary N) is 2. The third-order valence-electron chi connectivity index (χ3n) is 3.64. The van der Waals surface area contributed by atoms with Crippen LogP contribution in [-0.2, 0) is 0 Å². The van der Waals surface area contributed by atoms with Crippen molar-refractivity contribution in [1.82, 2.24) is 0 Å². The molecule has 12 heteroatoms. The third-order valence-corrected chi connectivity index (χ3v) is 3.64. The highest BCUT2D eigenvalue weighted by Crippen LogP contribution is 2.15. The first-order valence-electron chi connectivity index (χ1n) is 7.81. The Morgan fingerprint density at radius 1 is 1.00 bits per heavy atom. The van der Waals surface area contributed by atoms with Gasteiger partial charge in [0, 0.05) is 35.9 Å². The van der Waals surface area contributed by atoms with Gasteiger partial charge in [-0.3, -0.25) is 10.1 Å². The number of benzene rings is 2. The number of para-hydroxylation sites is 1. The summed E-state index contributed by atoms with van der Waals surface area (Å²) in [4.78, 5) is 10.3. The number of hydrazone groups is 1. The van der Waals surface area contributed by atoms with Crippen LogP contribution in [0.3, 0.4) is 0 Å². The number of hydrogen-bond donors (Lipinski definition) is 2. The molecule has 2 aromatic carbocycles. The maximum atomic E-state index is 10.7. The molecular formula is C16H17ClN5O6+. The van der Waals surface area contributed by atoms with E-state index < -0.39 is 15.2 Å². The van der Waals surface area contributed by atoms with Crippen LogP contribution < -0.4 is 29.1 Å². The number of quaternary nitrogens is 1. The Balaban J connectivity index is 0.000000500. The fourth-order valence-electron chi connectivity index (χ4n) is 2.46. The van der Waals surface area contributed by atoms with E-state index in [2.05, 4.69) is 10.5 Å². The first-order valence-corrected chi connectivity index (χ1v) is 9.04. The number of rotatable bonds is 4. The summed E-state index contributed by atoms with van der Waals surface area (Å²) in [6.07, 6.45) is 0. The molecule has 28 heavy (non-hydrogen) atoms. The van der Waals surface area contributed by atoms with Crippen LogP contribution in [0.1, 0.15) is 13.8 Å². The molecule has 1 unspecified atom stereocenters. The van der Waals surface area contributed by atoms with E-state index in [0.717, 1.165) is 28.1 Å². The minimum absolute atomic E-state index is 0.0731. The molecule has 1 heterocycles. The normalized spacial score (nSPS) is 16.2. The molecule has 0 fully saturated rings. The summed E-state index contributed by atoms with van der Waals surface area (Å²) < 4.78 is 35.9. The third kappa shape index (κ3) is 6.06. The lowest BCUT2D eigenvalue weighted by molar-refractivity contribution is -2.00. The van der Waals surface area contributed by atoms with Gasteiger partial charge in [-0.1, -0.05) is 18.2 Å². The number of halogens is 1. The Morgan fingerprint density at radius 3 is 2.04 bits per heavy atom. The molecule has 0 radical (unpaired) electrons. The second-order valence-electron chi connectivity index (χ2n) is 5.60. The molecule has 1 aliphatic rings. The average Bonchev–Trinajstić information content (AvgIpc) is 2.90. The Morgan fingerprint density at radius 2 is 1.54 bits per heavy atom. The molecule has 0 spiro atoms. The monoisotopic (exact) mass is 410 g/mol. The SMILES string of the molecule is CC1=N[N+](c2ccccc2)=C(C)[NH+]1Nc1ccc([N+](=O)[O-])cc1.[O-][Cl+3]([O-])([O-])[O-]. The highest BCUT2D eigenvalue weighted by molar-refractivity contribution is 5.85. The van der Waals surface area contributed by atoms with E-state index in [1.807, 2.05) is 48.9 Å². The van der Waals surface area contributed by atoms with E-state index in [-0.39, 0.29) is 5.69 Å². The molecule has 0 aromatic heterocycles. The van der Waals surface area contributed by atoms with E-state index in [4.69, 9.17) is 18.6 Å². The van der Waals surface area contributed by atoms with Crippen LogP contribution in [0.15, 0.2) is 59.7 Å². The number of amidine groups is 2. The van der Waals surface area contributed by atoms with Gasteiger partial charge >= 0.3 is 5.84 Å². The second-order valence-corrected chi connectivity index (χ2v) is 6.36. The number of nitro benzene ring substituents is 1. The molecular weight excluding hydrogens is 394 g/mol. The number of nitrogens with zero attached hydrogens (tertiary/aromatic N) is 3. The number of anilines is 1. The van der Waals surface area contributed by atoms with Crippen molar-refractivity contribution in [3.63, 3.8) is 0 Å². The first kappa shape index (κ1) is 21.4. The lowest BCUT2D eigenvalue weighted by Gasteiger charge is -2.17. The van der Waals surface area contributed by atoms with Crippen LogP contribution in [0.4, 0.5) is 17.1 Å². The molecule has 0 aliphatic carbocycles. The van der Waals surface area contributed by atoms with Gasteiger partial charge < -0.3 is 0 Å². The zero-order valence-electron chi connectivity index (χ0n) is 14.9. The van der Waals surface area contributed by atoms with E-state index >= 15 is 0 Å². The van der Waals surface area contributed by atoms with Crippen LogP contribution >= 0.6 is 0 Å². The number of nitro groups is 1. The van der Waals surface area contributed by atoms with Crippen LogP contribution in [0.5, 0.6) is 0 Å². The lowest BCUT2D eigenvalue weighted by Crippen LogP contribution is -3.18. The van der Waals surface area contributed by atoms with Crippen molar-refractivity contribution >= 4 is 28.7 Å². The fraction of sp³-hybridized carbons (Fsp3) is 0.125. The van der Waals surface area contributed by atoms with Gasteiger partial charge in [-0.15, -0.1) is 15.3 Å². The van der Waals surface area contributed by atoms with Gasteiger partial charge in [0.25, 0.3) is 11.5 Å². The van der Waals surface area contributed by atoms with Gasteiger partial charge in [0.2, 0.25) is 5.69 Å². The molecule has 0 bridgehead atoms. The summed E-state index contributed by atoms with van der Waals surface area (Å²) >= 11 is 0. The van der Waals surface area contributed by atoms with E-state index in [0.29, 0.717) is 0 Å². The van der Waals surface area contributed by atoms with Crippen molar-refractivity contribution < 1.29 is 43.5 Å². The van der Waals surface area contributed by atoms with Crippen molar-refractivity contribution in [2.45, 2.75) is 13.8 Å². The number of non-ortho nitro benzene ring substituents is 1. The van der Waals surface area contributed by atoms with Crippen LogP contribution in [0.2, 0.25) is 0 Å². The van der Waals surface area contributed by atoms with Crippen molar-refractivity contribution in [3.8, 4) is 0 Å². The Hall–Kier alpha value is -2.93. The standard InChI is InChI=1S/C16H16N5O2.ClHO4/c1-12-17-20(15-6-4-3-5-7-15)13(2)19(12)18-14-8-10-16(11-9-14)21(22)23;2-1(3,4)5/h3-11,18H,1-2H3;(H,2,3,4,5)/q+1;. The molecule has 2 N–H and O–H groups in total. The maximum Gasteiger partial charge on any atom is 0.400 e. The summed E-state index contributed by atoms with van der Waals surface area (Å²) in [6.45, 7) is 3.92. The smallest absolute Gasteiger partial charge is 0.258 e. The minimum Gasteiger partial charge on any atom is -0.258 e. The first-order chi connectivity index (χ1) is 13.1.